The molecule has 0 aromatic rings. The third-order valence-corrected chi connectivity index (χ3v) is 7.27. The van der Waals surface area contributed by atoms with E-state index in [0.29, 0.717) is 25.7 Å². The number of thiol groups is 1. The normalized spacial score (nSPS) is 21.7. The smallest absolute Gasteiger partial charge is 0.381 e. The van der Waals surface area contributed by atoms with Crippen LogP contribution in [-0.4, -0.2) is 38.5 Å². The summed E-state index contributed by atoms with van der Waals surface area (Å²) in [5.74, 6) is -0.602. The van der Waals surface area contributed by atoms with Crippen molar-refractivity contribution in [3.8, 4) is 0 Å². The van der Waals surface area contributed by atoms with Crippen molar-refractivity contribution in [1.82, 2.24) is 0 Å². The molecule has 0 saturated heterocycles. The quantitative estimate of drug-likeness (QED) is 0.213. The van der Waals surface area contributed by atoms with Crippen molar-refractivity contribution >= 4 is 12.6 Å². The van der Waals surface area contributed by atoms with Gasteiger partial charge in [-0.1, -0.05) is 47.5 Å². The van der Waals surface area contributed by atoms with Crippen LogP contribution in [0.4, 0.5) is 26.3 Å². The number of hydrogen-bond donors (Lipinski definition) is 3. The topological polar surface area (TPSA) is 40.5 Å². The van der Waals surface area contributed by atoms with E-state index < -0.39 is 47.1 Å². The predicted octanol–water partition coefficient (Wildman–Crippen LogP) is 7.33. The zero-order chi connectivity index (χ0) is 25.1. The van der Waals surface area contributed by atoms with Crippen LogP contribution in [0.5, 0.6) is 0 Å². The standard InChI is InChI=1S/C22H40F6O2S/c1-8-15(14-20(7,30)22(26,27)28)18(5,31)12-9-10-16(17(2,3)4)11-13-19(6,29)21(23,24)25/h15-16,29-31H,8-14H2,1-7H3/t15-,16-,18?,19?,20?/m0/s1. The summed E-state index contributed by atoms with van der Waals surface area (Å²) in [7, 11) is 0. The molecule has 0 spiro atoms. The van der Waals surface area contributed by atoms with Gasteiger partial charge in [-0.05, 0) is 63.2 Å². The molecule has 0 aromatic heterocycles. The first-order chi connectivity index (χ1) is 13.5. The van der Waals surface area contributed by atoms with Crippen LogP contribution < -0.4 is 0 Å². The lowest BCUT2D eigenvalue weighted by Gasteiger charge is -2.39. The van der Waals surface area contributed by atoms with Crippen molar-refractivity contribution in [3.63, 3.8) is 0 Å². The molecule has 188 valence electrons. The molecule has 0 heterocycles. The Morgan fingerprint density at radius 2 is 1.16 bits per heavy atom. The largest absolute Gasteiger partial charge is 0.416 e. The van der Waals surface area contributed by atoms with E-state index in [4.69, 9.17) is 0 Å². The van der Waals surface area contributed by atoms with Crippen molar-refractivity contribution in [2.24, 2.45) is 17.3 Å². The van der Waals surface area contributed by atoms with Gasteiger partial charge in [-0.2, -0.15) is 39.0 Å². The van der Waals surface area contributed by atoms with E-state index >= 15 is 0 Å². The number of rotatable bonds is 11. The molecule has 2 N–H and O–H groups in total. The highest BCUT2D eigenvalue weighted by atomic mass is 32.1. The third kappa shape index (κ3) is 9.32. The molecule has 9 heteroatoms. The van der Waals surface area contributed by atoms with E-state index in [-0.39, 0.29) is 17.8 Å². The van der Waals surface area contributed by atoms with E-state index in [1.165, 1.54) is 0 Å². The average Bonchev–Trinajstić information content (AvgIpc) is 2.52. The molecule has 0 aliphatic rings. The second-order valence-corrected chi connectivity index (χ2v) is 11.7. The minimum atomic E-state index is -4.74. The molecule has 0 radical (unpaired) electrons. The van der Waals surface area contributed by atoms with E-state index in [9.17, 15) is 36.6 Å². The van der Waals surface area contributed by atoms with Crippen LogP contribution in [0.15, 0.2) is 0 Å². The zero-order valence-electron chi connectivity index (χ0n) is 19.7. The fourth-order valence-corrected chi connectivity index (χ4v) is 4.35. The van der Waals surface area contributed by atoms with Gasteiger partial charge in [0.1, 0.15) is 0 Å². The molecule has 3 unspecified atom stereocenters. The summed E-state index contributed by atoms with van der Waals surface area (Å²) in [5.41, 5.74) is -5.86. The van der Waals surface area contributed by atoms with E-state index in [0.717, 1.165) is 13.8 Å². The second-order valence-electron chi connectivity index (χ2n) is 10.7. The summed E-state index contributed by atoms with van der Waals surface area (Å²) in [6, 6.07) is 0. The van der Waals surface area contributed by atoms with Gasteiger partial charge in [-0.3, -0.25) is 0 Å². The zero-order valence-corrected chi connectivity index (χ0v) is 20.6. The van der Waals surface area contributed by atoms with Gasteiger partial charge in [-0.15, -0.1) is 0 Å². The molecule has 0 saturated carbocycles. The van der Waals surface area contributed by atoms with Gasteiger partial charge in [0.2, 0.25) is 0 Å². The van der Waals surface area contributed by atoms with Crippen LogP contribution in [0.25, 0.3) is 0 Å². The first-order valence-electron chi connectivity index (χ1n) is 10.8. The van der Waals surface area contributed by atoms with Crippen molar-refractivity contribution in [2.75, 3.05) is 0 Å². The Labute approximate surface area is 188 Å². The number of aliphatic hydroxyl groups is 2. The molecule has 2 nitrogen and oxygen atoms in total. The lowest BCUT2D eigenvalue weighted by Crippen LogP contribution is -2.46. The summed E-state index contributed by atoms with van der Waals surface area (Å²) >= 11 is 4.61. The second kappa shape index (κ2) is 10.4. The molecule has 0 bridgehead atoms. The monoisotopic (exact) mass is 482 g/mol. The molecular weight excluding hydrogens is 442 g/mol. The highest BCUT2D eigenvalue weighted by molar-refractivity contribution is 7.81. The first-order valence-corrected chi connectivity index (χ1v) is 11.2. The SMILES string of the molecule is CC[C@@H](CC(C)(O)C(F)(F)F)C(C)(S)CCC[C@@H](CCC(C)(O)C(F)(F)F)C(C)(C)C. The molecule has 0 amide bonds. The molecule has 0 fully saturated rings. The summed E-state index contributed by atoms with van der Waals surface area (Å²) in [6.07, 6.45) is -8.14. The number of hydrogen-bond acceptors (Lipinski definition) is 3. The highest BCUT2D eigenvalue weighted by Crippen LogP contribution is 2.44. The van der Waals surface area contributed by atoms with Crippen LogP contribution in [-0.2, 0) is 0 Å². The molecule has 0 aromatic carbocycles. The minimum Gasteiger partial charge on any atom is -0.381 e. The van der Waals surface area contributed by atoms with Crippen molar-refractivity contribution in [3.05, 3.63) is 0 Å². The summed E-state index contributed by atoms with van der Waals surface area (Å²) in [4.78, 5) is 0. The van der Waals surface area contributed by atoms with Crippen LogP contribution in [0.2, 0.25) is 0 Å². The fraction of sp³-hybridized carbons (Fsp3) is 1.00. The summed E-state index contributed by atoms with van der Waals surface area (Å²) in [6.45, 7) is 10.8. The van der Waals surface area contributed by atoms with Gasteiger partial charge >= 0.3 is 12.4 Å². The van der Waals surface area contributed by atoms with Crippen molar-refractivity contribution in [1.29, 1.82) is 0 Å². The van der Waals surface area contributed by atoms with E-state index in [2.05, 4.69) is 12.6 Å². The number of alkyl halides is 6. The van der Waals surface area contributed by atoms with Gasteiger partial charge < -0.3 is 10.2 Å². The maximum Gasteiger partial charge on any atom is 0.416 e. The average molecular weight is 483 g/mol. The van der Waals surface area contributed by atoms with Crippen LogP contribution in [0.3, 0.4) is 0 Å². The lowest BCUT2D eigenvalue weighted by molar-refractivity contribution is -0.259. The Morgan fingerprint density at radius 1 is 0.710 bits per heavy atom. The fourth-order valence-electron chi connectivity index (χ4n) is 3.92. The molecule has 0 aliphatic heterocycles. The van der Waals surface area contributed by atoms with Crippen LogP contribution in [0.1, 0.15) is 93.4 Å². The van der Waals surface area contributed by atoms with Gasteiger partial charge in [0.15, 0.2) is 11.2 Å². The van der Waals surface area contributed by atoms with E-state index in [1.807, 2.05) is 20.8 Å². The number of halogens is 6. The summed E-state index contributed by atoms with van der Waals surface area (Å²) < 4.78 is 77.4. The Kier molecular flexibility index (Phi) is 10.4. The first kappa shape index (κ1) is 30.9. The van der Waals surface area contributed by atoms with Crippen molar-refractivity contribution in [2.45, 2.75) is 122 Å². The lowest BCUT2D eigenvalue weighted by atomic mass is 9.72. The van der Waals surface area contributed by atoms with Crippen LogP contribution in [0, 0.1) is 17.3 Å². The Balaban J connectivity index is 5.13. The molecule has 0 aliphatic carbocycles. The third-order valence-electron chi connectivity index (χ3n) is 6.68. The Bertz CT molecular complexity index is 548. The van der Waals surface area contributed by atoms with Crippen molar-refractivity contribution < 1.29 is 36.6 Å². The molecule has 0 rings (SSSR count). The van der Waals surface area contributed by atoms with Gasteiger partial charge in [0, 0.05) is 4.75 Å². The van der Waals surface area contributed by atoms with Gasteiger partial charge in [0.05, 0.1) is 0 Å². The van der Waals surface area contributed by atoms with Gasteiger partial charge in [-0.25, -0.2) is 0 Å². The maximum atomic E-state index is 13.1. The molecule has 5 atom stereocenters. The molecular formula is C22H40F6O2S. The highest BCUT2D eigenvalue weighted by Gasteiger charge is 2.52. The Morgan fingerprint density at radius 3 is 1.52 bits per heavy atom. The van der Waals surface area contributed by atoms with E-state index in [1.54, 1.807) is 13.8 Å². The predicted molar refractivity (Wildman–Crippen MR) is 115 cm³/mol. The van der Waals surface area contributed by atoms with Crippen LogP contribution >= 0.6 is 12.6 Å². The molecule has 31 heavy (non-hydrogen) atoms. The van der Waals surface area contributed by atoms with Gasteiger partial charge in [0.25, 0.3) is 0 Å². The Hall–Kier alpha value is -0.150. The summed E-state index contributed by atoms with van der Waals surface area (Å²) in [5, 5.41) is 19.6. The maximum absolute atomic E-state index is 13.1. The minimum absolute atomic E-state index is 0.108.